The lowest BCUT2D eigenvalue weighted by atomic mass is 9.97. The highest BCUT2D eigenvalue weighted by atomic mass is 15.2. The first kappa shape index (κ1) is 13.3. The molecule has 2 nitrogen and oxygen atoms in total. The predicted octanol–water partition coefficient (Wildman–Crippen LogP) is 2.44. The maximum Gasteiger partial charge on any atom is 0.0240 e. The van der Waals surface area contributed by atoms with E-state index in [-0.39, 0.29) is 0 Å². The van der Waals surface area contributed by atoms with Gasteiger partial charge in [0, 0.05) is 32.7 Å². The van der Waals surface area contributed by atoms with E-state index in [1.54, 1.807) is 0 Å². The van der Waals surface area contributed by atoms with Crippen LogP contribution in [-0.4, -0.2) is 31.1 Å². The fourth-order valence-electron chi connectivity index (χ4n) is 2.71. The molecule has 0 aromatic heterocycles. The molecule has 98 valence electrons. The minimum absolute atomic E-state index is 0.968. The summed E-state index contributed by atoms with van der Waals surface area (Å²) in [4.78, 5) is 2.54. The van der Waals surface area contributed by atoms with Crippen LogP contribution in [0.1, 0.15) is 22.3 Å². The van der Waals surface area contributed by atoms with E-state index in [4.69, 9.17) is 0 Å². The molecule has 18 heavy (non-hydrogen) atoms. The summed E-state index contributed by atoms with van der Waals surface area (Å²) >= 11 is 0. The number of aryl methyl sites for hydroxylation is 2. The van der Waals surface area contributed by atoms with Crippen LogP contribution in [0.3, 0.4) is 0 Å². The number of rotatable bonds is 4. The first-order chi connectivity index (χ1) is 8.70. The molecule has 0 bridgehead atoms. The molecule has 1 saturated heterocycles. The monoisotopic (exact) mass is 244 g/mol. The Labute approximate surface area is 111 Å². The summed E-state index contributed by atoms with van der Waals surface area (Å²) in [5.41, 5.74) is 5.73. The van der Waals surface area contributed by atoms with Gasteiger partial charge in [0.15, 0.2) is 0 Å². The molecule has 1 heterocycles. The van der Waals surface area contributed by atoms with Crippen LogP contribution in [0, 0.1) is 13.8 Å². The quantitative estimate of drug-likeness (QED) is 0.818. The van der Waals surface area contributed by atoms with Crippen LogP contribution in [0.25, 0.3) is 0 Å². The molecule has 0 spiro atoms. The number of benzene rings is 1. The van der Waals surface area contributed by atoms with Crippen molar-refractivity contribution in [2.45, 2.75) is 26.8 Å². The average Bonchev–Trinajstić information content (AvgIpc) is 2.36. The Bertz CT molecular complexity index is 394. The van der Waals surface area contributed by atoms with E-state index in [1.165, 1.54) is 22.3 Å². The second-order valence-electron chi connectivity index (χ2n) is 5.23. The van der Waals surface area contributed by atoms with Crippen LogP contribution in [0.4, 0.5) is 0 Å². The Balaban J connectivity index is 2.14. The van der Waals surface area contributed by atoms with Crippen LogP contribution in [-0.2, 0) is 13.0 Å². The summed E-state index contributed by atoms with van der Waals surface area (Å²) in [6.07, 6.45) is 2.94. The van der Waals surface area contributed by atoms with Crippen molar-refractivity contribution in [2.75, 3.05) is 26.2 Å². The zero-order valence-corrected chi connectivity index (χ0v) is 11.6. The van der Waals surface area contributed by atoms with Gasteiger partial charge in [0.25, 0.3) is 0 Å². The fraction of sp³-hybridized carbons (Fsp3) is 0.500. The standard InChI is InChI=1S/C16H24N2/c1-4-5-15-10-13(2)16(14(3)11-15)12-18-8-6-17-7-9-18/h4,10-11,17H,1,5-9,12H2,2-3H3. The zero-order chi connectivity index (χ0) is 13.0. The number of allylic oxidation sites excluding steroid dienone is 1. The smallest absolute Gasteiger partial charge is 0.0240 e. The second-order valence-corrected chi connectivity index (χ2v) is 5.23. The lowest BCUT2D eigenvalue weighted by Crippen LogP contribution is -2.43. The van der Waals surface area contributed by atoms with Gasteiger partial charge in [-0.3, -0.25) is 4.90 Å². The Kier molecular flexibility index (Phi) is 4.56. The summed E-state index contributed by atoms with van der Waals surface area (Å²) < 4.78 is 0. The summed E-state index contributed by atoms with van der Waals surface area (Å²) in [6.45, 7) is 13.9. The molecule has 0 aliphatic carbocycles. The van der Waals surface area contributed by atoms with Crippen molar-refractivity contribution in [1.29, 1.82) is 0 Å². The molecular weight excluding hydrogens is 220 g/mol. The van der Waals surface area contributed by atoms with Crippen molar-refractivity contribution >= 4 is 0 Å². The van der Waals surface area contributed by atoms with Crippen LogP contribution in [0.5, 0.6) is 0 Å². The number of nitrogens with zero attached hydrogens (tertiary/aromatic N) is 1. The molecule has 0 amide bonds. The highest BCUT2D eigenvalue weighted by molar-refractivity contribution is 5.38. The molecule has 0 saturated carbocycles. The Hall–Kier alpha value is -1.12. The van der Waals surface area contributed by atoms with E-state index < -0.39 is 0 Å². The average molecular weight is 244 g/mol. The molecule has 0 atom stereocenters. The number of nitrogens with one attached hydrogen (secondary N) is 1. The van der Waals surface area contributed by atoms with Crippen LogP contribution in [0.2, 0.25) is 0 Å². The van der Waals surface area contributed by atoms with Gasteiger partial charge in [-0.1, -0.05) is 18.2 Å². The first-order valence-corrected chi connectivity index (χ1v) is 6.83. The van der Waals surface area contributed by atoms with Gasteiger partial charge >= 0.3 is 0 Å². The lowest BCUT2D eigenvalue weighted by Gasteiger charge is -2.28. The van der Waals surface area contributed by atoms with Crippen molar-refractivity contribution in [1.82, 2.24) is 10.2 Å². The van der Waals surface area contributed by atoms with Gasteiger partial charge in [0.2, 0.25) is 0 Å². The Morgan fingerprint density at radius 1 is 1.22 bits per heavy atom. The number of hydrogen-bond donors (Lipinski definition) is 1. The van der Waals surface area contributed by atoms with Crippen LogP contribution < -0.4 is 5.32 Å². The third-order valence-electron chi connectivity index (χ3n) is 3.73. The summed E-state index contributed by atoms with van der Waals surface area (Å²) in [6, 6.07) is 4.62. The molecule has 0 unspecified atom stereocenters. The van der Waals surface area contributed by atoms with Gasteiger partial charge in [-0.15, -0.1) is 6.58 Å². The minimum atomic E-state index is 0.968. The lowest BCUT2D eigenvalue weighted by molar-refractivity contribution is 0.232. The number of hydrogen-bond acceptors (Lipinski definition) is 2. The third kappa shape index (κ3) is 3.21. The molecule has 2 rings (SSSR count). The molecule has 1 N–H and O–H groups in total. The topological polar surface area (TPSA) is 15.3 Å². The molecule has 1 aromatic carbocycles. The van der Waals surface area contributed by atoms with Crippen molar-refractivity contribution in [3.05, 3.63) is 47.0 Å². The van der Waals surface area contributed by atoms with Crippen LogP contribution in [0.15, 0.2) is 24.8 Å². The normalized spacial score (nSPS) is 16.8. The molecule has 2 heteroatoms. The molecule has 1 aromatic rings. The summed E-state index contributed by atoms with van der Waals surface area (Å²) in [7, 11) is 0. The van der Waals surface area contributed by atoms with Gasteiger partial charge in [-0.2, -0.15) is 0 Å². The molecule has 1 aliphatic rings. The van der Waals surface area contributed by atoms with Crippen LogP contribution >= 0.6 is 0 Å². The van der Waals surface area contributed by atoms with E-state index >= 15 is 0 Å². The Morgan fingerprint density at radius 3 is 2.39 bits per heavy atom. The van der Waals surface area contributed by atoms with E-state index in [0.29, 0.717) is 0 Å². The minimum Gasteiger partial charge on any atom is -0.314 e. The zero-order valence-electron chi connectivity index (χ0n) is 11.6. The second kappa shape index (κ2) is 6.17. The van der Waals surface area contributed by atoms with Gasteiger partial charge in [-0.05, 0) is 42.5 Å². The van der Waals surface area contributed by atoms with Crippen molar-refractivity contribution in [3.8, 4) is 0 Å². The van der Waals surface area contributed by atoms with Gasteiger partial charge in [-0.25, -0.2) is 0 Å². The highest BCUT2D eigenvalue weighted by Crippen LogP contribution is 2.19. The highest BCUT2D eigenvalue weighted by Gasteiger charge is 2.13. The van der Waals surface area contributed by atoms with E-state index in [9.17, 15) is 0 Å². The molecular formula is C16H24N2. The van der Waals surface area contributed by atoms with Gasteiger partial charge in [0.05, 0.1) is 0 Å². The summed E-state index contributed by atoms with van der Waals surface area (Å²) in [5, 5.41) is 3.40. The molecule has 1 aliphatic heterocycles. The van der Waals surface area contributed by atoms with E-state index in [1.807, 2.05) is 6.08 Å². The third-order valence-corrected chi connectivity index (χ3v) is 3.73. The first-order valence-electron chi connectivity index (χ1n) is 6.83. The number of piperazine rings is 1. The maximum atomic E-state index is 3.82. The SMILES string of the molecule is C=CCc1cc(C)c(CN2CCNCC2)c(C)c1. The molecule has 0 radical (unpaired) electrons. The van der Waals surface area contributed by atoms with Gasteiger partial charge < -0.3 is 5.32 Å². The predicted molar refractivity (Wildman–Crippen MR) is 78.0 cm³/mol. The largest absolute Gasteiger partial charge is 0.314 e. The van der Waals surface area contributed by atoms with E-state index in [2.05, 4.69) is 42.8 Å². The van der Waals surface area contributed by atoms with E-state index in [0.717, 1.165) is 39.1 Å². The molecule has 1 fully saturated rings. The Morgan fingerprint density at radius 2 is 1.83 bits per heavy atom. The van der Waals surface area contributed by atoms with Crippen molar-refractivity contribution in [2.24, 2.45) is 0 Å². The van der Waals surface area contributed by atoms with Crippen molar-refractivity contribution in [3.63, 3.8) is 0 Å². The maximum absolute atomic E-state index is 3.82. The summed E-state index contributed by atoms with van der Waals surface area (Å²) in [5.74, 6) is 0. The van der Waals surface area contributed by atoms with Crippen molar-refractivity contribution < 1.29 is 0 Å². The fourth-order valence-corrected chi connectivity index (χ4v) is 2.71. The van der Waals surface area contributed by atoms with Gasteiger partial charge in [0.1, 0.15) is 0 Å².